The van der Waals surface area contributed by atoms with Gasteiger partial charge in [0.15, 0.2) is 9.84 Å². The first kappa shape index (κ1) is 21.0. The molecule has 4 rings (SSSR count). The number of hydrogen-bond donors (Lipinski definition) is 0. The van der Waals surface area contributed by atoms with Gasteiger partial charge in [-0.3, -0.25) is 4.79 Å². The molecule has 0 atom stereocenters. The van der Waals surface area contributed by atoms with Gasteiger partial charge in [0.25, 0.3) is 0 Å². The molecule has 1 amide bonds. The van der Waals surface area contributed by atoms with Gasteiger partial charge in [-0.15, -0.1) is 11.3 Å². The van der Waals surface area contributed by atoms with Crippen molar-refractivity contribution >= 4 is 37.3 Å². The van der Waals surface area contributed by atoms with Crippen LogP contribution in [0.5, 0.6) is 0 Å². The van der Waals surface area contributed by atoms with Crippen LogP contribution in [0.1, 0.15) is 42.2 Å². The molecule has 0 bridgehead atoms. The lowest BCUT2D eigenvalue weighted by molar-refractivity contribution is -0.132. The average molecular weight is 443 g/mol. The second-order valence-corrected chi connectivity index (χ2v) is 11.1. The molecule has 0 unspecified atom stereocenters. The molecule has 1 saturated heterocycles. The van der Waals surface area contributed by atoms with Gasteiger partial charge in [-0.25, -0.2) is 13.4 Å². The molecule has 1 aromatic heterocycles. The third-order valence-electron chi connectivity index (χ3n) is 5.69. The molecule has 1 aliphatic rings. The number of thiazole rings is 1. The molecule has 0 spiro atoms. The number of sulfone groups is 1. The second-order valence-electron chi connectivity index (χ2n) is 7.91. The van der Waals surface area contributed by atoms with Crippen LogP contribution in [-0.4, -0.2) is 43.1 Å². The van der Waals surface area contributed by atoms with Gasteiger partial charge in [-0.1, -0.05) is 29.8 Å². The highest BCUT2D eigenvalue weighted by Crippen LogP contribution is 2.34. The van der Waals surface area contributed by atoms with Crippen molar-refractivity contribution in [2.45, 2.75) is 43.4 Å². The van der Waals surface area contributed by atoms with Crippen LogP contribution in [0.15, 0.2) is 53.4 Å². The smallest absolute Gasteiger partial charge is 0.222 e. The Morgan fingerprint density at radius 2 is 1.80 bits per heavy atom. The number of amides is 1. The number of carbonyl (C=O) groups excluding carboxylic acids is 1. The maximum Gasteiger partial charge on any atom is 0.222 e. The predicted molar refractivity (Wildman–Crippen MR) is 121 cm³/mol. The van der Waals surface area contributed by atoms with Crippen molar-refractivity contribution in [3.05, 3.63) is 59.1 Å². The molecular formula is C23H26N2O3S2. The average Bonchev–Trinajstić information content (AvgIpc) is 3.18. The fourth-order valence-electron chi connectivity index (χ4n) is 3.88. The summed E-state index contributed by atoms with van der Waals surface area (Å²) in [5, 5.41) is 1.16. The van der Waals surface area contributed by atoms with E-state index in [9.17, 15) is 13.2 Å². The molecule has 0 aliphatic carbocycles. The van der Waals surface area contributed by atoms with E-state index in [1.807, 2.05) is 30.0 Å². The summed E-state index contributed by atoms with van der Waals surface area (Å²) in [7, 11) is -3.34. The normalized spacial score (nSPS) is 15.6. The van der Waals surface area contributed by atoms with Crippen LogP contribution in [0.25, 0.3) is 10.2 Å². The number of likely N-dealkylation sites (tertiary alicyclic amines) is 1. The third kappa shape index (κ3) is 4.73. The Bertz CT molecular complexity index is 1100. The van der Waals surface area contributed by atoms with E-state index in [4.69, 9.17) is 4.98 Å². The SMILES string of the molecule is Cc1ccc(S(=O)(=O)CCCC(=O)N2CCC(c3nc4ccccc4s3)CC2)cc1. The summed E-state index contributed by atoms with van der Waals surface area (Å²) in [6, 6.07) is 15.1. The molecule has 2 heterocycles. The molecule has 0 radical (unpaired) electrons. The Balaban J connectivity index is 1.26. The largest absolute Gasteiger partial charge is 0.343 e. The van der Waals surface area contributed by atoms with E-state index in [0.717, 1.165) is 28.9 Å². The fraction of sp³-hybridized carbons (Fsp3) is 0.391. The molecule has 0 N–H and O–H groups in total. The Morgan fingerprint density at radius 3 is 2.50 bits per heavy atom. The monoisotopic (exact) mass is 442 g/mol. The topological polar surface area (TPSA) is 67.3 Å². The summed E-state index contributed by atoms with van der Waals surface area (Å²) >= 11 is 1.75. The molecule has 5 nitrogen and oxygen atoms in total. The Morgan fingerprint density at radius 1 is 1.10 bits per heavy atom. The number of rotatable bonds is 6. The molecule has 1 aliphatic heterocycles. The summed E-state index contributed by atoms with van der Waals surface area (Å²) in [6.45, 7) is 3.35. The predicted octanol–water partition coefficient (Wildman–Crippen LogP) is 4.56. The van der Waals surface area contributed by atoms with E-state index in [1.54, 1.807) is 35.6 Å². The first-order chi connectivity index (χ1) is 14.4. The number of benzene rings is 2. The lowest BCUT2D eigenvalue weighted by Crippen LogP contribution is -2.37. The van der Waals surface area contributed by atoms with Gasteiger partial charge in [-0.05, 0) is 50.5 Å². The van der Waals surface area contributed by atoms with Crippen LogP contribution in [0, 0.1) is 6.92 Å². The second kappa shape index (κ2) is 8.86. The first-order valence-corrected chi connectivity index (χ1v) is 12.8. The molecule has 30 heavy (non-hydrogen) atoms. The Labute approximate surface area is 181 Å². The zero-order valence-corrected chi connectivity index (χ0v) is 18.7. The van der Waals surface area contributed by atoms with E-state index in [1.165, 1.54) is 4.70 Å². The summed E-state index contributed by atoms with van der Waals surface area (Å²) < 4.78 is 26.1. The van der Waals surface area contributed by atoms with Gasteiger partial charge >= 0.3 is 0 Å². The van der Waals surface area contributed by atoms with E-state index in [2.05, 4.69) is 6.07 Å². The van der Waals surface area contributed by atoms with Crippen molar-refractivity contribution in [1.82, 2.24) is 9.88 Å². The van der Waals surface area contributed by atoms with E-state index >= 15 is 0 Å². The molecule has 1 fully saturated rings. The number of carbonyl (C=O) groups is 1. The number of hydrogen-bond acceptors (Lipinski definition) is 5. The van der Waals surface area contributed by atoms with Crippen molar-refractivity contribution in [1.29, 1.82) is 0 Å². The fourth-order valence-corrected chi connectivity index (χ4v) is 6.32. The van der Waals surface area contributed by atoms with E-state index < -0.39 is 9.84 Å². The van der Waals surface area contributed by atoms with Crippen molar-refractivity contribution in [2.24, 2.45) is 0 Å². The van der Waals surface area contributed by atoms with Crippen LogP contribution in [0.2, 0.25) is 0 Å². The van der Waals surface area contributed by atoms with Crippen LogP contribution in [0.3, 0.4) is 0 Å². The van der Waals surface area contributed by atoms with Gasteiger partial charge in [0, 0.05) is 25.4 Å². The van der Waals surface area contributed by atoms with E-state index in [-0.39, 0.29) is 18.1 Å². The van der Waals surface area contributed by atoms with Crippen LogP contribution >= 0.6 is 11.3 Å². The quantitative estimate of drug-likeness (QED) is 0.561. The zero-order valence-electron chi connectivity index (χ0n) is 17.1. The molecule has 158 valence electrons. The van der Waals surface area contributed by atoms with Crippen molar-refractivity contribution in [3.8, 4) is 0 Å². The summed E-state index contributed by atoms with van der Waals surface area (Å²) in [4.78, 5) is 19.5. The number of aryl methyl sites for hydroxylation is 1. The highest BCUT2D eigenvalue weighted by atomic mass is 32.2. The third-order valence-corrected chi connectivity index (χ3v) is 8.71. The highest BCUT2D eigenvalue weighted by molar-refractivity contribution is 7.91. The summed E-state index contributed by atoms with van der Waals surface area (Å²) in [5.74, 6) is 0.453. The van der Waals surface area contributed by atoms with Gasteiger partial charge in [0.05, 0.1) is 25.9 Å². The molecule has 3 aromatic rings. The molecule has 0 saturated carbocycles. The Hall–Kier alpha value is -2.25. The maximum absolute atomic E-state index is 12.6. The zero-order chi connectivity index (χ0) is 21.1. The van der Waals surface area contributed by atoms with Crippen LogP contribution in [0.4, 0.5) is 0 Å². The number of piperidine rings is 1. The standard InChI is InChI=1S/C23H26N2O3S2/c1-17-8-10-19(11-9-17)30(27,28)16-4-7-22(26)25-14-12-18(13-15-25)23-24-20-5-2-3-6-21(20)29-23/h2-3,5-6,8-11,18H,4,7,12-16H2,1H3. The number of nitrogens with zero attached hydrogens (tertiary/aromatic N) is 2. The summed E-state index contributed by atoms with van der Waals surface area (Å²) in [6.07, 6.45) is 2.45. The minimum Gasteiger partial charge on any atom is -0.343 e. The van der Waals surface area contributed by atoms with Crippen molar-refractivity contribution in [3.63, 3.8) is 0 Å². The summed E-state index contributed by atoms with van der Waals surface area (Å²) in [5.41, 5.74) is 2.07. The lowest BCUT2D eigenvalue weighted by atomic mass is 9.97. The van der Waals surface area contributed by atoms with E-state index in [0.29, 0.717) is 30.3 Å². The number of para-hydroxylation sites is 1. The lowest BCUT2D eigenvalue weighted by Gasteiger charge is -2.31. The molecule has 2 aromatic carbocycles. The maximum atomic E-state index is 12.6. The minimum absolute atomic E-state index is 0.00394. The number of aromatic nitrogens is 1. The van der Waals surface area contributed by atoms with Crippen molar-refractivity contribution < 1.29 is 13.2 Å². The van der Waals surface area contributed by atoms with Gasteiger partial charge in [-0.2, -0.15) is 0 Å². The minimum atomic E-state index is -3.34. The van der Waals surface area contributed by atoms with Gasteiger partial charge in [0.1, 0.15) is 0 Å². The van der Waals surface area contributed by atoms with Gasteiger partial charge in [0.2, 0.25) is 5.91 Å². The van der Waals surface area contributed by atoms with Crippen molar-refractivity contribution in [2.75, 3.05) is 18.8 Å². The highest BCUT2D eigenvalue weighted by Gasteiger charge is 2.26. The molecule has 7 heteroatoms. The molecular weight excluding hydrogens is 416 g/mol. The van der Waals surface area contributed by atoms with Crippen LogP contribution < -0.4 is 0 Å². The first-order valence-electron chi connectivity index (χ1n) is 10.3. The number of fused-ring (bicyclic) bond motifs is 1. The Kier molecular flexibility index (Phi) is 6.20. The van der Waals surface area contributed by atoms with Crippen LogP contribution in [-0.2, 0) is 14.6 Å². The van der Waals surface area contributed by atoms with Gasteiger partial charge < -0.3 is 4.90 Å².